The molecule has 3 nitrogen and oxygen atoms in total. The number of nitrogens with two attached hydrogens (primary N) is 1. The van der Waals surface area contributed by atoms with Crippen LogP contribution in [-0.4, -0.2) is 23.3 Å². The topological polar surface area (TPSA) is 63.3 Å². The minimum Gasteiger partial charge on any atom is -0.344 e. The maximum absolute atomic E-state index is 11.1. The Hall–Kier alpha value is -0.370. The van der Waals surface area contributed by atoms with Crippen molar-refractivity contribution in [1.29, 1.82) is 0 Å². The maximum atomic E-state index is 11.1. The Kier molecular flexibility index (Phi) is 2.57. The molecule has 0 aromatic rings. The smallest absolute Gasteiger partial charge is 0.199 e. The first-order valence-corrected chi connectivity index (χ1v) is 6.13. The lowest BCUT2D eigenvalue weighted by atomic mass is 9.95. The van der Waals surface area contributed by atoms with Gasteiger partial charge in [0.25, 0.3) is 0 Å². The summed E-state index contributed by atoms with van der Waals surface area (Å²) in [6.45, 7) is 1.34. The zero-order chi connectivity index (χ0) is 9.24. The molecule has 2 atom stereocenters. The first-order chi connectivity index (χ1) is 5.41. The Labute approximate surface area is 72.4 Å². The van der Waals surface area contributed by atoms with Gasteiger partial charge in [0.05, 0.1) is 0 Å². The van der Waals surface area contributed by atoms with Crippen molar-refractivity contribution >= 4 is 7.37 Å². The van der Waals surface area contributed by atoms with Crippen molar-refractivity contribution in [2.75, 3.05) is 12.8 Å². The molecule has 0 spiro atoms. The Morgan fingerprint density at radius 2 is 2.33 bits per heavy atom. The zero-order valence-electron chi connectivity index (χ0n) is 7.10. The normalized spacial score (nSPS) is 33.2. The van der Waals surface area contributed by atoms with Gasteiger partial charge >= 0.3 is 0 Å². The minimum absolute atomic E-state index is 0.154. The third-order valence-electron chi connectivity index (χ3n) is 1.76. The van der Waals surface area contributed by atoms with Crippen LogP contribution < -0.4 is 5.73 Å². The molecule has 0 aromatic carbocycles. The summed E-state index contributed by atoms with van der Waals surface area (Å²) in [4.78, 5) is 9.15. The number of hydrogen-bond acceptors (Lipinski definition) is 2. The maximum Gasteiger partial charge on any atom is 0.199 e. The molecule has 3 N–H and O–H groups in total. The predicted octanol–water partition coefficient (Wildman–Crippen LogP) is 1.10. The monoisotopic (exact) mass is 187 g/mol. The lowest BCUT2D eigenvalue weighted by molar-refractivity contribution is 0.465. The summed E-state index contributed by atoms with van der Waals surface area (Å²) in [6.07, 6.45) is 8.21. The average molecular weight is 187 g/mol. The van der Waals surface area contributed by atoms with Crippen LogP contribution >= 0.6 is 7.37 Å². The average Bonchev–Trinajstić information content (AvgIpc) is 1.83. The Balaban J connectivity index is 2.68. The summed E-state index contributed by atoms with van der Waals surface area (Å²) < 4.78 is 11.1. The summed E-state index contributed by atoms with van der Waals surface area (Å²) in [6, 6.07) is 0. The molecule has 0 bridgehead atoms. The molecule has 0 heterocycles. The fraction of sp³-hybridized carbons (Fsp3) is 0.500. The van der Waals surface area contributed by atoms with Gasteiger partial charge in [0.2, 0.25) is 0 Å². The molecule has 68 valence electrons. The van der Waals surface area contributed by atoms with Crippen molar-refractivity contribution in [2.24, 2.45) is 5.73 Å². The molecular weight excluding hydrogens is 173 g/mol. The van der Waals surface area contributed by atoms with E-state index in [-0.39, 0.29) is 6.16 Å². The Bertz CT molecular complexity index is 266. The highest BCUT2D eigenvalue weighted by Crippen LogP contribution is 2.40. The van der Waals surface area contributed by atoms with Crippen LogP contribution in [0.4, 0.5) is 0 Å². The van der Waals surface area contributed by atoms with Crippen LogP contribution in [0.25, 0.3) is 0 Å². The van der Waals surface area contributed by atoms with Crippen LogP contribution in [0.2, 0.25) is 0 Å². The lowest BCUT2D eigenvalue weighted by Crippen LogP contribution is -2.41. The SMILES string of the molecule is CP(=O)(O)CC1(N)C=CC=CC1. The minimum atomic E-state index is -3.01. The first-order valence-electron chi connectivity index (χ1n) is 3.84. The van der Waals surface area contributed by atoms with E-state index in [1.165, 1.54) is 6.66 Å². The molecule has 0 fully saturated rings. The van der Waals surface area contributed by atoms with Gasteiger partial charge in [-0.05, 0) is 6.42 Å². The van der Waals surface area contributed by atoms with E-state index in [1.54, 1.807) is 6.08 Å². The molecule has 4 heteroatoms. The van der Waals surface area contributed by atoms with Crippen LogP contribution in [0.3, 0.4) is 0 Å². The van der Waals surface area contributed by atoms with Crippen molar-refractivity contribution in [2.45, 2.75) is 12.0 Å². The molecule has 0 radical (unpaired) electrons. The van der Waals surface area contributed by atoms with Crippen LogP contribution in [0.15, 0.2) is 24.3 Å². The molecule has 1 aliphatic rings. The van der Waals surface area contributed by atoms with Crippen LogP contribution in [-0.2, 0) is 4.57 Å². The van der Waals surface area contributed by atoms with E-state index in [4.69, 9.17) is 10.6 Å². The summed E-state index contributed by atoms with van der Waals surface area (Å²) in [5, 5.41) is 0. The fourth-order valence-corrected chi connectivity index (χ4v) is 2.67. The highest BCUT2D eigenvalue weighted by Gasteiger charge is 2.28. The lowest BCUT2D eigenvalue weighted by Gasteiger charge is -2.27. The van der Waals surface area contributed by atoms with Crippen molar-refractivity contribution < 1.29 is 9.46 Å². The third kappa shape index (κ3) is 2.94. The first kappa shape index (κ1) is 9.72. The van der Waals surface area contributed by atoms with Gasteiger partial charge < -0.3 is 10.6 Å². The van der Waals surface area contributed by atoms with Crippen molar-refractivity contribution in [3.8, 4) is 0 Å². The molecule has 0 saturated heterocycles. The van der Waals surface area contributed by atoms with Crippen molar-refractivity contribution in [3.63, 3.8) is 0 Å². The summed E-state index contributed by atoms with van der Waals surface area (Å²) in [5.74, 6) is 0. The van der Waals surface area contributed by atoms with Gasteiger partial charge in [-0.25, -0.2) is 0 Å². The summed E-state index contributed by atoms with van der Waals surface area (Å²) >= 11 is 0. The second-order valence-electron chi connectivity index (χ2n) is 3.43. The second-order valence-corrected chi connectivity index (χ2v) is 5.85. The third-order valence-corrected chi connectivity index (χ3v) is 2.94. The summed E-state index contributed by atoms with van der Waals surface area (Å²) in [7, 11) is -3.01. The molecule has 0 amide bonds. The molecule has 0 saturated carbocycles. The predicted molar refractivity (Wildman–Crippen MR) is 50.4 cm³/mol. The quantitative estimate of drug-likeness (QED) is 0.636. The van der Waals surface area contributed by atoms with E-state index in [0.29, 0.717) is 6.42 Å². The van der Waals surface area contributed by atoms with Crippen LogP contribution in [0.1, 0.15) is 6.42 Å². The molecule has 0 aromatic heterocycles. The van der Waals surface area contributed by atoms with E-state index in [9.17, 15) is 4.57 Å². The van der Waals surface area contributed by atoms with Crippen molar-refractivity contribution in [3.05, 3.63) is 24.3 Å². The zero-order valence-corrected chi connectivity index (χ0v) is 8.00. The van der Waals surface area contributed by atoms with Crippen LogP contribution in [0, 0.1) is 0 Å². The fourth-order valence-electron chi connectivity index (χ4n) is 1.34. The number of hydrogen-bond donors (Lipinski definition) is 2. The summed E-state index contributed by atoms with van der Waals surface area (Å²) in [5.41, 5.74) is 5.26. The molecule has 2 unspecified atom stereocenters. The van der Waals surface area contributed by atoms with Gasteiger partial charge in [0.1, 0.15) is 0 Å². The van der Waals surface area contributed by atoms with Gasteiger partial charge in [0.15, 0.2) is 7.37 Å². The van der Waals surface area contributed by atoms with Gasteiger partial charge in [0, 0.05) is 18.4 Å². The van der Waals surface area contributed by atoms with E-state index >= 15 is 0 Å². The highest BCUT2D eigenvalue weighted by molar-refractivity contribution is 7.57. The van der Waals surface area contributed by atoms with Gasteiger partial charge in [-0.15, -0.1) is 0 Å². The van der Waals surface area contributed by atoms with E-state index in [2.05, 4.69) is 0 Å². The Morgan fingerprint density at radius 3 is 2.75 bits per heavy atom. The standard InChI is InChI=1S/C8H14NO2P/c1-12(10,11)7-8(9)5-3-2-4-6-8/h2-5H,6-7,9H2,1H3,(H,10,11). The van der Waals surface area contributed by atoms with E-state index < -0.39 is 12.9 Å². The molecular formula is C8H14NO2P. The van der Waals surface area contributed by atoms with Gasteiger partial charge in [-0.2, -0.15) is 0 Å². The second kappa shape index (κ2) is 3.17. The van der Waals surface area contributed by atoms with E-state index in [1.807, 2.05) is 18.2 Å². The molecule has 1 aliphatic carbocycles. The molecule has 1 rings (SSSR count). The van der Waals surface area contributed by atoms with E-state index in [0.717, 1.165) is 0 Å². The number of rotatable bonds is 2. The van der Waals surface area contributed by atoms with Gasteiger partial charge in [-0.3, -0.25) is 4.57 Å². The van der Waals surface area contributed by atoms with Crippen LogP contribution in [0.5, 0.6) is 0 Å². The molecule has 0 aliphatic heterocycles. The van der Waals surface area contributed by atoms with Crippen molar-refractivity contribution in [1.82, 2.24) is 0 Å². The Morgan fingerprint density at radius 1 is 1.67 bits per heavy atom. The molecule has 12 heavy (non-hydrogen) atoms. The number of allylic oxidation sites excluding steroid dienone is 2. The largest absolute Gasteiger partial charge is 0.344 e. The highest BCUT2D eigenvalue weighted by atomic mass is 31.2. The van der Waals surface area contributed by atoms with Gasteiger partial charge in [-0.1, -0.05) is 24.3 Å².